The van der Waals surface area contributed by atoms with Crippen molar-refractivity contribution < 1.29 is 35.1 Å². The number of nitrogens with zero attached hydrogens (tertiary/aromatic N) is 1. The van der Waals surface area contributed by atoms with E-state index in [1.807, 2.05) is 0 Å². The zero-order valence-electron chi connectivity index (χ0n) is 18.3. The fraction of sp³-hybridized carbons (Fsp3) is 0.115. The maximum atomic E-state index is 13.2. The molecule has 35 heavy (non-hydrogen) atoms. The van der Waals surface area contributed by atoms with Gasteiger partial charge in [-0.05, 0) is 54.3 Å². The molecule has 0 spiro atoms. The van der Waals surface area contributed by atoms with Gasteiger partial charge in [0, 0.05) is 34.5 Å². The van der Waals surface area contributed by atoms with E-state index >= 15 is 0 Å². The monoisotopic (exact) mass is 473 g/mol. The molecule has 0 unspecified atom stereocenters. The molecule has 0 saturated carbocycles. The predicted octanol–water partition coefficient (Wildman–Crippen LogP) is 4.18. The lowest BCUT2D eigenvalue weighted by Gasteiger charge is -2.24. The van der Waals surface area contributed by atoms with Gasteiger partial charge in [-0.1, -0.05) is 6.07 Å². The van der Waals surface area contributed by atoms with E-state index in [1.165, 1.54) is 24.3 Å². The van der Waals surface area contributed by atoms with E-state index in [4.69, 9.17) is 4.42 Å². The average molecular weight is 473 g/mol. The molecule has 0 bridgehead atoms. The Balaban J connectivity index is 1.89. The molecule has 9 heteroatoms. The molecule has 176 valence electrons. The van der Waals surface area contributed by atoms with Crippen molar-refractivity contribution in [3.8, 4) is 56.9 Å². The highest BCUT2D eigenvalue weighted by molar-refractivity contribution is 6.17. The number of phenolic OH excluding ortho intramolecular Hbond substituents is 6. The first-order valence-corrected chi connectivity index (χ1v) is 10.8. The largest absolute Gasteiger partial charge is 0.504 e. The summed E-state index contributed by atoms with van der Waals surface area (Å²) in [7, 11) is 0. The molecule has 0 radical (unpaired) electrons. The van der Waals surface area contributed by atoms with Gasteiger partial charge in [0.05, 0.1) is 5.69 Å². The van der Waals surface area contributed by atoms with Crippen LogP contribution in [0.3, 0.4) is 0 Å². The number of benzene rings is 3. The number of fused-ring (bicyclic) bond motifs is 7. The maximum Gasteiger partial charge on any atom is 0.361 e. The Morgan fingerprint density at radius 1 is 0.857 bits per heavy atom. The summed E-state index contributed by atoms with van der Waals surface area (Å²) in [4.78, 5) is 13.2. The highest BCUT2D eigenvalue weighted by Crippen LogP contribution is 2.50. The van der Waals surface area contributed by atoms with Crippen LogP contribution in [0, 0.1) is 6.92 Å². The molecule has 0 aliphatic carbocycles. The number of hydrogen-bond donors (Lipinski definition) is 6. The van der Waals surface area contributed by atoms with Gasteiger partial charge in [-0.15, -0.1) is 0 Å². The van der Waals surface area contributed by atoms with Gasteiger partial charge in [0.15, 0.2) is 34.5 Å². The molecule has 6 rings (SSSR count). The lowest BCUT2D eigenvalue weighted by atomic mass is 9.89. The SMILES string of the molecule is Cc1c(O)c(O)cc2c1CCn1c-2c(-c2ccc(O)c(O)c2)c2c3cc(O)c(O)cc3oc(=O)c21. The van der Waals surface area contributed by atoms with Gasteiger partial charge in [-0.3, -0.25) is 0 Å². The minimum atomic E-state index is -0.670. The molecule has 9 nitrogen and oxygen atoms in total. The van der Waals surface area contributed by atoms with Gasteiger partial charge in [0.25, 0.3) is 0 Å². The van der Waals surface area contributed by atoms with Crippen LogP contribution in [0.15, 0.2) is 45.6 Å². The van der Waals surface area contributed by atoms with E-state index < -0.39 is 17.1 Å². The van der Waals surface area contributed by atoms with Crippen molar-refractivity contribution in [2.75, 3.05) is 0 Å². The standard InChI is InChI=1S/C26H19NO8/c1-10-12-4-5-27-23(13(12)7-19(32)25(10)33)21(11-2-3-15(28)16(29)6-11)22-14-8-17(30)18(31)9-20(14)35-26(34)24(22)27/h2-3,6-9,28-33H,4-5H2,1H3. The Bertz CT molecular complexity index is 1790. The lowest BCUT2D eigenvalue weighted by molar-refractivity contribution is 0.400. The number of aryl methyl sites for hydroxylation is 1. The van der Waals surface area contributed by atoms with Gasteiger partial charge >= 0.3 is 5.63 Å². The summed E-state index contributed by atoms with van der Waals surface area (Å²) < 4.78 is 7.25. The molecule has 5 aromatic rings. The van der Waals surface area contributed by atoms with E-state index in [-0.39, 0.29) is 34.1 Å². The van der Waals surface area contributed by atoms with Crippen LogP contribution in [-0.4, -0.2) is 35.2 Å². The first-order valence-electron chi connectivity index (χ1n) is 10.8. The van der Waals surface area contributed by atoms with Gasteiger partial charge in [-0.25, -0.2) is 4.79 Å². The first kappa shape index (κ1) is 20.8. The van der Waals surface area contributed by atoms with Crippen LogP contribution in [0.4, 0.5) is 0 Å². The topological polar surface area (TPSA) is 157 Å². The van der Waals surface area contributed by atoms with Gasteiger partial charge < -0.3 is 39.6 Å². The van der Waals surface area contributed by atoms with E-state index in [0.717, 1.165) is 11.6 Å². The zero-order chi connectivity index (χ0) is 24.8. The minimum Gasteiger partial charge on any atom is -0.504 e. The third-order valence-corrected chi connectivity index (χ3v) is 6.77. The van der Waals surface area contributed by atoms with Gasteiger partial charge in [0.1, 0.15) is 11.1 Å². The van der Waals surface area contributed by atoms with Crippen LogP contribution in [-0.2, 0) is 13.0 Å². The van der Waals surface area contributed by atoms with Crippen molar-refractivity contribution in [1.29, 1.82) is 0 Å². The summed E-state index contributed by atoms with van der Waals surface area (Å²) in [6.45, 7) is 2.05. The van der Waals surface area contributed by atoms with Crippen molar-refractivity contribution in [1.82, 2.24) is 4.57 Å². The minimum absolute atomic E-state index is 0.0509. The summed E-state index contributed by atoms with van der Waals surface area (Å²) in [5, 5.41) is 61.9. The van der Waals surface area contributed by atoms with Crippen LogP contribution < -0.4 is 5.63 Å². The average Bonchev–Trinajstić information content (AvgIpc) is 3.17. The van der Waals surface area contributed by atoms with Crippen molar-refractivity contribution in [3.05, 3.63) is 57.9 Å². The third kappa shape index (κ3) is 2.72. The highest BCUT2D eigenvalue weighted by Gasteiger charge is 2.31. The second kappa shape index (κ2) is 6.86. The summed E-state index contributed by atoms with van der Waals surface area (Å²) in [5.41, 5.74) is 2.95. The van der Waals surface area contributed by atoms with Crippen LogP contribution in [0.1, 0.15) is 11.1 Å². The molecule has 0 amide bonds. The van der Waals surface area contributed by atoms with Crippen molar-refractivity contribution in [3.63, 3.8) is 0 Å². The van der Waals surface area contributed by atoms with Crippen molar-refractivity contribution in [2.45, 2.75) is 19.9 Å². The first-order chi connectivity index (χ1) is 16.7. The molecule has 0 saturated heterocycles. The summed E-state index contributed by atoms with van der Waals surface area (Å²) in [6, 6.07) is 8.13. The zero-order valence-corrected chi connectivity index (χ0v) is 18.3. The molecule has 3 heterocycles. The van der Waals surface area contributed by atoms with Gasteiger partial charge in [0.2, 0.25) is 0 Å². The number of rotatable bonds is 1. The fourth-order valence-electron chi connectivity index (χ4n) is 5.13. The second-order valence-electron chi connectivity index (χ2n) is 8.67. The van der Waals surface area contributed by atoms with Crippen LogP contribution >= 0.6 is 0 Å². The summed E-state index contributed by atoms with van der Waals surface area (Å²) in [5.74, 6) is -2.09. The molecule has 6 N–H and O–H groups in total. The predicted molar refractivity (Wildman–Crippen MR) is 127 cm³/mol. The van der Waals surface area contributed by atoms with Crippen LogP contribution in [0.5, 0.6) is 34.5 Å². The molecule has 2 aromatic heterocycles. The van der Waals surface area contributed by atoms with E-state index in [2.05, 4.69) is 0 Å². The lowest BCUT2D eigenvalue weighted by Crippen LogP contribution is -2.15. The molecule has 1 aliphatic heterocycles. The quantitative estimate of drug-likeness (QED) is 0.156. The van der Waals surface area contributed by atoms with Crippen LogP contribution in [0.25, 0.3) is 44.3 Å². The van der Waals surface area contributed by atoms with Crippen molar-refractivity contribution >= 4 is 21.9 Å². The number of phenols is 6. The van der Waals surface area contributed by atoms with Crippen molar-refractivity contribution in [2.24, 2.45) is 0 Å². The second-order valence-corrected chi connectivity index (χ2v) is 8.67. The molecule has 0 fully saturated rings. The normalized spacial score (nSPS) is 12.7. The Kier molecular flexibility index (Phi) is 4.08. The Morgan fingerprint density at radius 2 is 1.57 bits per heavy atom. The number of aromatic hydroxyl groups is 6. The molecule has 1 aliphatic rings. The Morgan fingerprint density at radius 3 is 2.31 bits per heavy atom. The van der Waals surface area contributed by atoms with Crippen LogP contribution in [0.2, 0.25) is 0 Å². The fourth-order valence-corrected chi connectivity index (χ4v) is 5.13. The Labute approximate surface area is 196 Å². The summed E-state index contributed by atoms with van der Waals surface area (Å²) >= 11 is 0. The molecular formula is C26H19NO8. The third-order valence-electron chi connectivity index (χ3n) is 6.77. The molecule has 0 atom stereocenters. The Hall–Kier alpha value is -4.79. The maximum absolute atomic E-state index is 13.2. The van der Waals surface area contributed by atoms with E-state index in [0.29, 0.717) is 51.7 Å². The number of aromatic nitrogens is 1. The highest BCUT2D eigenvalue weighted by atomic mass is 16.4. The number of hydrogen-bond acceptors (Lipinski definition) is 8. The van der Waals surface area contributed by atoms with E-state index in [9.17, 15) is 35.4 Å². The molecular weight excluding hydrogens is 454 g/mol. The summed E-state index contributed by atoms with van der Waals surface area (Å²) in [6.07, 6.45) is 0.463. The smallest absolute Gasteiger partial charge is 0.361 e. The van der Waals surface area contributed by atoms with Gasteiger partial charge in [-0.2, -0.15) is 0 Å². The van der Waals surface area contributed by atoms with E-state index in [1.54, 1.807) is 17.6 Å². The molecule has 3 aromatic carbocycles.